The minimum atomic E-state index is -0.390. The first-order valence-electron chi connectivity index (χ1n) is 7.96. The minimum absolute atomic E-state index is 0.0353. The van der Waals surface area contributed by atoms with Crippen LogP contribution in [0.3, 0.4) is 0 Å². The average molecular weight is 375 g/mol. The number of thiophene rings is 2. The van der Waals surface area contributed by atoms with Crippen molar-refractivity contribution in [2.75, 3.05) is 19.7 Å². The van der Waals surface area contributed by atoms with Crippen molar-refractivity contribution in [1.29, 1.82) is 0 Å². The molecule has 6 nitrogen and oxygen atoms in total. The summed E-state index contributed by atoms with van der Waals surface area (Å²) < 4.78 is 11.1. The van der Waals surface area contributed by atoms with E-state index in [9.17, 15) is 4.79 Å². The van der Waals surface area contributed by atoms with Crippen molar-refractivity contribution in [1.82, 2.24) is 15.0 Å². The van der Waals surface area contributed by atoms with Gasteiger partial charge >= 0.3 is 0 Å². The van der Waals surface area contributed by atoms with Crippen molar-refractivity contribution < 1.29 is 14.1 Å². The highest BCUT2D eigenvalue weighted by molar-refractivity contribution is 7.13. The van der Waals surface area contributed by atoms with Crippen molar-refractivity contribution in [2.24, 2.45) is 0 Å². The summed E-state index contributed by atoms with van der Waals surface area (Å²) in [6.45, 7) is 5.45. The molecule has 0 N–H and O–H groups in total. The van der Waals surface area contributed by atoms with Crippen molar-refractivity contribution in [3.63, 3.8) is 0 Å². The van der Waals surface area contributed by atoms with Gasteiger partial charge in [0, 0.05) is 16.8 Å². The van der Waals surface area contributed by atoms with Crippen LogP contribution >= 0.6 is 22.7 Å². The van der Waals surface area contributed by atoms with Gasteiger partial charge in [-0.1, -0.05) is 11.2 Å². The fourth-order valence-electron chi connectivity index (χ4n) is 2.75. The maximum atomic E-state index is 12.8. The molecule has 0 aliphatic carbocycles. The van der Waals surface area contributed by atoms with Gasteiger partial charge in [0.05, 0.1) is 23.6 Å². The molecule has 25 heavy (non-hydrogen) atoms. The fraction of sp³-hybridized carbons (Fsp3) is 0.353. The molecule has 3 aromatic rings. The van der Waals surface area contributed by atoms with Crippen molar-refractivity contribution in [3.05, 3.63) is 44.8 Å². The van der Waals surface area contributed by atoms with Gasteiger partial charge in [-0.15, -0.1) is 22.7 Å². The molecule has 0 radical (unpaired) electrons. The highest BCUT2D eigenvalue weighted by atomic mass is 32.1. The largest absolute Gasteiger partial charge is 0.365 e. The number of aryl methyl sites for hydroxylation is 1. The Bertz CT molecular complexity index is 885. The third-order valence-electron chi connectivity index (χ3n) is 4.33. The topological polar surface area (TPSA) is 68.5 Å². The van der Waals surface area contributed by atoms with Gasteiger partial charge in [-0.25, -0.2) is 0 Å². The molecule has 0 spiro atoms. The number of hydrogen-bond donors (Lipinski definition) is 0. The van der Waals surface area contributed by atoms with Crippen molar-refractivity contribution in [3.8, 4) is 10.7 Å². The molecule has 1 aliphatic heterocycles. The Morgan fingerprint density at radius 2 is 2.24 bits per heavy atom. The number of rotatable bonds is 3. The molecule has 1 aliphatic rings. The average Bonchev–Trinajstić information content (AvgIpc) is 3.37. The van der Waals surface area contributed by atoms with Crippen LogP contribution in [0.4, 0.5) is 0 Å². The Balaban J connectivity index is 1.51. The summed E-state index contributed by atoms with van der Waals surface area (Å²) in [6.07, 6.45) is -0.390. The van der Waals surface area contributed by atoms with Crippen LogP contribution in [0.1, 0.15) is 32.8 Å². The minimum Gasteiger partial charge on any atom is -0.365 e. The van der Waals surface area contributed by atoms with E-state index < -0.39 is 0 Å². The first-order valence-corrected chi connectivity index (χ1v) is 9.72. The smallest absolute Gasteiger partial charge is 0.257 e. The molecule has 0 bridgehead atoms. The second kappa shape index (κ2) is 6.70. The first-order chi connectivity index (χ1) is 12.1. The Hall–Kier alpha value is -2.03. The molecule has 0 aromatic carbocycles. The molecule has 0 saturated carbocycles. The molecule has 0 unspecified atom stereocenters. The number of nitrogens with zero attached hydrogens (tertiary/aromatic N) is 3. The van der Waals surface area contributed by atoms with Gasteiger partial charge in [0.2, 0.25) is 5.82 Å². The van der Waals surface area contributed by atoms with Crippen LogP contribution in [0.15, 0.2) is 27.4 Å². The molecular weight excluding hydrogens is 358 g/mol. The lowest BCUT2D eigenvalue weighted by Gasteiger charge is -2.31. The summed E-state index contributed by atoms with van der Waals surface area (Å²) in [5.41, 5.74) is 1.82. The van der Waals surface area contributed by atoms with Crippen LogP contribution in [-0.2, 0) is 4.74 Å². The zero-order chi connectivity index (χ0) is 17.4. The number of morpholine rings is 1. The van der Waals surface area contributed by atoms with Crippen LogP contribution in [-0.4, -0.2) is 40.6 Å². The van der Waals surface area contributed by atoms with E-state index in [1.165, 1.54) is 4.88 Å². The molecule has 130 valence electrons. The number of ether oxygens (including phenoxy) is 1. The molecule has 3 aromatic heterocycles. The highest BCUT2D eigenvalue weighted by Gasteiger charge is 2.31. The van der Waals surface area contributed by atoms with Gasteiger partial charge in [0.15, 0.2) is 6.10 Å². The third kappa shape index (κ3) is 3.12. The SMILES string of the molecule is Cc1scc(C(=O)N2CCO[C@@H](c3nc(-c4cccs4)no3)C2)c1C. The van der Waals surface area contributed by atoms with Crippen LogP contribution in [0.25, 0.3) is 10.7 Å². The molecule has 1 atom stereocenters. The highest BCUT2D eigenvalue weighted by Crippen LogP contribution is 2.28. The first kappa shape index (κ1) is 16.4. The maximum absolute atomic E-state index is 12.8. The van der Waals surface area contributed by atoms with E-state index in [2.05, 4.69) is 10.1 Å². The lowest BCUT2D eigenvalue weighted by Crippen LogP contribution is -2.42. The Morgan fingerprint density at radius 3 is 2.96 bits per heavy atom. The van der Waals surface area contributed by atoms with E-state index in [1.807, 2.05) is 36.7 Å². The Kier molecular flexibility index (Phi) is 4.41. The van der Waals surface area contributed by atoms with Crippen molar-refractivity contribution in [2.45, 2.75) is 20.0 Å². The van der Waals surface area contributed by atoms with Crippen LogP contribution < -0.4 is 0 Å². The summed E-state index contributed by atoms with van der Waals surface area (Å²) in [4.78, 5) is 21.2. The van der Waals surface area contributed by atoms with Crippen LogP contribution in [0.2, 0.25) is 0 Å². The molecule has 1 fully saturated rings. The molecule has 8 heteroatoms. The predicted molar refractivity (Wildman–Crippen MR) is 96.0 cm³/mol. The third-order valence-corrected chi connectivity index (χ3v) is 6.21. The van der Waals surface area contributed by atoms with Gasteiger partial charge in [-0.3, -0.25) is 4.79 Å². The lowest BCUT2D eigenvalue weighted by molar-refractivity contribution is -0.0367. The molecule has 1 saturated heterocycles. The van der Waals surface area contributed by atoms with Gasteiger partial charge in [0.1, 0.15) is 0 Å². The second-order valence-electron chi connectivity index (χ2n) is 5.87. The van der Waals surface area contributed by atoms with E-state index in [1.54, 1.807) is 27.6 Å². The van der Waals surface area contributed by atoms with E-state index in [0.717, 1.165) is 16.0 Å². The molecule has 1 amide bonds. The maximum Gasteiger partial charge on any atom is 0.257 e. The number of hydrogen-bond acceptors (Lipinski definition) is 7. The molecular formula is C17H17N3O3S2. The molecule has 4 rings (SSSR count). The lowest BCUT2D eigenvalue weighted by atomic mass is 10.1. The van der Waals surface area contributed by atoms with E-state index in [4.69, 9.17) is 9.26 Å². The normalized spacial score (nSPS) is 17.8. The van der Waals surface area contributed by atoms with E-state index in [-0.39, 0.29) is 12.0 Å². The van der Waals surface area contributed by atoms with Gasteiger partial charge in [-0.05, 0) is 30.9 Å². The van der Waals surface area contributed by atoms with Crippen molar-refractivity contribution >= 4 is 28.6 Å². The number of aromatic nitrogens is 2. The zero-order valence-electron chi connectivity index (χ0n) is 13.9. The number of carbonyl (C=O) groups is 1. The quantitative estimate of drug-likeness (QED) is 0.698. The summed E-state index contributed by atoms with van der Waals surface area (Å²) in [6, 6.07) is 3.89. The standard InChI is InChI=1S/C17H17N3O3S2/c1-10-11(2)25-9-12(10)17(21)20-5-6-22-13(8-20)16-18-15(19-23-16)14-4-3-7-24-14/h3-4,7,9,13H,5-6,8H2,1-2H3/t13-/m1/s1. The van der Waals surface area contributed by atoms with Gasteiger partial charge in [-0.2, -0.15) is 4.98 Å². The monoisotopic (exact) mass is 375 g/mol. The zero-order valence-corrected chi connectivity index (χ0v) is 15.5. The fourth-order valence-corrected chi connectivity index (χ4v) is 4.26. The van der Waals surface area contributed by atoms with Gasteiger partial charge < -0.3 is 14.2 Å². The predicted octanol–water partition coefficient (Wildman–Crippen LogP) is 3.69. The van der Waals surface area contributed by atoms with E-state index in [0.29, 0.717) is 31.4 Å². The summed E-state index contributed by atoms with van der Waals surface area (Å²) in [5, 5.41) is 7.92. The summed E-state index contributed by atoms with van der Waals surface area (Å²) in [7, 11) is 0. The Morgan fingerprint density at radius 1 is 1.36 bits per heavy atom. The van der Waals surface area contributed by atoms with Crippen LogP contribution in [0.5, 0.6) is 0 Å². The summed E-state index contributed by atoms with van der Waals surface area (Å²) in [5.74, 6) is 1.01. The van der Waals surface area contributed by atoms with E-state index >= 15 is 0 Å². The number of carbonyl (C=O) groups excluding carboxylic acids is 1. The van der Waals surface area contributed by atoms with Gasteiger partial charge in [0.25, 0.3) is 11.8 Å². The second-order valence-corrected chi connectivity index (χ2v) is 7.91. The molecule has 4 heterocycles. The van der Waals surface area contributed by atoms with Crippen LogP contribution in [0, 0.1) is 13.8 Å². The summed E-state index contributed by atoms with van der Waals surface area (Å²) >= 11 is 3.16. The number of amides is 1. The Labute approximate surface area is 153 Å².